The number of nitro groups is 1. The van der Waals surface area contributed by atoms with Gasteiger partial charge in [-0.3, -0.25) is 24.3 Å². The molecule has 10 heteroatoms. The fraction of sp³-hybridized carbons (Fsp3) is 0.0952. The molecular formula is C21H17ClN6O3. The smallest absolute Gasteiger partial charge is 0.304 e. The van der Waals surface area contributed by atoms with Gasteiger partial charge >= 0.3 is 5.69 Å². The van der Waals surface area contributed by atoms with Crippen molar-refractivity contribution in [1.29, 1.82) is 0 Å². The van der Waals surface area contributed by atoms with Crippen molar-refractivity contribution in [3.05, 3.63) is 105 Å². The third-order valence-electron chi connectivity index (χ3n) is 4.53. The number of aromatic nitrogens is 4. The number of halogens is 1. The van der Waals surface area contributed by atoms with E-state index in [1.165, 1.54) is 17.1 Å². The molecule has 0 saturated carbocycles. The van der Waals surface area contributed by atoms with Crippen LogP contribution in [0.4, 0.5) is 11.5 Å². The number of benzene rings is 2. The number of amides is 1. The maximum absolute atomic E-state index is 12.6. The first-order chi connectivity index (χ1) is 15.0. The lowest BCUT2D eigenvalue weighted by molar-refractivity contribution is -0.385. The lowest BCUT2D eigenvalue weighted by Crippen LogP contribution is -2.13. The van der Waals surface area contributed by atoms with E-state index in [-0.39, 0.29) is 17.4 Å². The minimum atomic E-state index is -0.497. The van der Waals surface area contributed by atoms with E-state index in [9.17, 15) is 14.9 Å². The Kier molecular flexibility index (Phi) is 5.76. The fourth-order valence-electron chi connectivity index (χ4n) is 2.99. The van der Waals surface area contributed by atoms with Gasteiger partial charge in [0.1, 0.15) is 17.4 Å². The van der Waals surface area contributed by atoms with E-state index < -0.39 is 4.92 Å². The van der Waals surface area contributed by atoms with Crippen LogP contribution in [0.2, 0.25) is 5.02 Å². The van der Waals surface area contributed by atoms with Crippen LogP contribution in [0.3, 0.4) is 0 Å². The van der Waals surface area contributed by atoms with Crippen LogP contribution >= 0.6 is 11.6 Å². The first-order valence-corrected chi connectivity index (χ1v) is 9.70. The Hall–Kier alpha value is -3.98. The summed E-state index contributed by atoms with van der Waals surface area (Å²) in [5, 5.41) is 22.1. The molecule has 2 aromatic heterocycles. The van der Waals surface area contributed by atoms with E-state index >= 15 is 0 Å². The van der Waals surface area contributed by atoms with Gasteiger partial charge in [-0.25, -0.2) is 0 Å². The number of anilines is 1. The number of nitrogens with one attached hydrogen (secondary N) is 1. The van der Waals surface area contributed by atoms with Crippen LogP contribution in [0.25, 0.3) is 0 Å². The molecule has 2 heterocycles. The lowest BCUT2D eigenvalue weighted by Gasteiger charge is -2.05. The summed E-state index contributed by atoms with van der Waals surface area (Å²) in [6.45, 7) is 0.891. The summed E-state index contributed by atoms with van der Waals surface area (Å²) in [7, 11) is 0. The predicted molar refractivity (Wildman–Crippen MR) is 115 cm³/mol. The Balaban J connectivity index is 1.40. The number of nitrogens with zero attached hydrogens (tertiary/aromatic N) is 5. The first kappa shape index (κ1) is 20.3. The van der Waals surface area contributed by atoms with Crippen molar-refractivity contribution in [1.82, 2.24) is 19.6 Å². The van der Waals surface area contributed by atoms with E-state index in [2.05, 4.69) is 15.5 Å². The summed E-state index contributed by atoms with van der Waals surface area (Å²) in [5.74, 6) is -0.0522. The zero-order valence-electron chi connectivity index (χ0n) is 16.2. The highest BCUT2D eigenvalue weighted by molar-refractivity contribution is 6.33. The van der Waals surface area contributed by atoms with Crippen LogP contribution < -0.4 is 5.32 Å². The van der Waals surface area contributed by atoms with Gasteiger partial charge in [-0.1, -0.05) is 54.1 Å². The van der Waals surface area contributed by atoms with Gasteiger partial charge in [0, 0.05) is 11.8 Å². The maximum Gasteiger partial charge on any atom is 0.307 e. The van der Waals surface area contributed by atoms with Gasteiger partial charge in [-0.15, -0.1) is 0 Å². The number of rotatable bonds is 7. The van der Waals surface area contributed by atoms with E-state index in [1.54, 1.807) is 35.1 Å². The van der Waals surface area contributed by atoms with Crippen LogP contribution in [0, 0.1) is 10.1 Å². The monoisotopic (exact) mass is 436 g/mol. The molecule has 0 atom stereocenters. The molecule has 1 N–H and O–H groups in total. The molecule has 0 bridgehead atoms. The second-order valence-corrected chi connectivity index (χ2v) is 7.22. The molecule has 31 heavy (non-hydrogen) atoms. The largest absolute Gasteiger partial charge is 0.307 e. The Morgan fingerprint density at radius 1 is 1.00 bits per heavy atom. The summed E-state index contributed by atoms with van der Waals surface area (Å²) in [6, 6.07) is 16.6. The Morgan fingerprint density at radius 3 is 2.35 bits per heavy atom. The van der Waals surface area contributed by atoms with Crippen molar-refractivity contribution in [2.24, 2.45) is 0 Å². The van der Waals surface area contributed by atoms with Crippen molar-refractivity contribution in [3.63, 3.8) is 0 Å². The molecule has 0 aliphatic rings. The topological polar surface area (TPSA) is 108 Å². The summed E-state index contributed by atoms with van der Waals surface area (Å²) < 4.78 is 3.13. The van der Waals surface area contributed by atoms with Gasteiger partial charge in [0.25, 0.3) is 5.91 Å². The molecule has 4 aromatic rings. The van der Waals surface area contributed by atoms with Crippen molar-refractivity contribution in [3.8, 4) is 0 Å². The zero-order valence-corrected chi connectivity index (χ0v) is 16.9. The van der Waals surface area contributed by atoms with Crippen molar-refractivity contribution >= 4 is 29.0 Å². The molecule has 0 fully saturated rings. The van der Waals surface area contributed by atoms with Crippen LogP contribution in [0.5, 0.6) is 0 Å². The van der Waals surface area contributed by atoms with Gasteiger partial charge in [0.15, 0.2) is 5.82 Å². The molecule has 0 unspecified atom stereocenters. The summed E-state index contributed by atoms with van der Waals surface area (Å²) in [6.07, 6.45) is 4.22. The summed E-state index contributed by atoms with van der Waals surface area (Å²) in [4.78, 5) is 22.8. The van der Waals surface area contributed by atoms with Crippen molar-refractivity contribution < 1.29 is 9.72 Å². The van der Waals surface area contributed by atoms with Crippen LogP contribution in [0.1, 0.15) is 21.5 Å². The predicted octanol–water partition coefficient (Wildman–Crippen LogP) is 3.99. The quantitative estimate of drug-likeness (QED) is 0.348. The highest BCUT2D eigenvalue weighted by Crippen LogP contribution is 2.21. The van der Waals surface area contributed by atoms with E-state index in [4.69, 9.17) is 11.6 Å². The minimum Gasteiger partial charge on any atom is -0.304 e. The van der Waals surface area contributed by atoms with Gasteiger partial charge < -0.3 is 5.32 Å². The molecule has 4 rings (SSSR count). The molecule has 0 radical (unpaired) electrons. The van der Waals surface area contributed by atoms with Crippen LogP contribution in [-0.2, 0) is 13.1 Å². The van der Waals surface area contributed by atoms with Crippen LogP contribution in [0.15, 0.2) is 73.2 Å². The fourth-order valence-corrected chi connectivity index (χ4v) is 3.19. The molecule has 0 saturated heterocycles. The molecule has 0 aliphatic carbocycles. The van der Waals surface area contributed by atoms with E-state index in [0.717, 1.165) is 11.1 Å². The zero-order chi connectivity index (χ0) is 21.8. The SMILES string of the molecule is O=C(Nc1nn(Cc2ccccc2)cc1Cl)c1ccc(Cn2cc([N+](=O)[O-])cn2)cc1. The Bertz CT molecular complexity index is 1220. The number of hydrogen-bond donors (Lipinski definition) is 1. The third kappa shape index (κ3) is 4.96. The molecule has 9 nitrogen and oxygen atoms in total. The minimum absolute atomic E-state index is 0.0698. The molecule has 156 valence electrons. The number of carbonyl (C=O) groups is 1. The molecular weight excluding hydrogens is 420 g/mol. The van der Waals surface area contributed by atoms with Gasteiger partial charge in [0.05, 0.1) is 18.0 Å². The number of hydrogen-bond acceptors (Lipinski definition) is 5. The van der Waals surface area contributed by atoms with E-state index in [0.29, 0.717) is 23.7 Å². The van der Waals surface area contributed by atoms with Gasteiger partial charge in [-0.05, 0) is 23.3 Å². The molecule has 0 aliphatic heterocycles. The second kappa shape index (κ2) is 8.80. The second-order valence-electron chi connectivity index (χ2n) is 6.81. The summed E-state index contributed by atoms with van der Waals surface area (Å²) >= 11 is 6.23. The Morgan fingerprint density at radius 2 is 1.68 bits per heavy atom. The van der Waals surface area contributed by atoms with E-state index in [1.807, 2.05) is 30.3 Å². The molecule has 0 spiro atoms. The molecule has 2 aromatic carbocycles. The average molecular weight is 437 g/mol. The standard InChI is InChI=1S/C21H17ClN6O3/c22-19-14-27(12-15-4-2-1-3-5-15)25-20(19)24-21(29)17-8-6-16(7-9-17)11-26-13-18(10-23-26)28(30)31/h1-10,13-14H,11-12H2,(H,24,25,29). The third-order valence-corrected chi connectivity index (χ3v) is 4.80. The Labute approximate surface area is 182 Å². The lowest BCUT2D eigenvalue weighted by atomic mass is 10.1. The highest BCUT2D eigenvalue weighted by atomic mass is 35.5. The van der Waals surface area contributed by atoms with Crippen molar-refractivity contribution in [2.45, 2.75) is 13.1 Å². The average Bonchev–Trinajstić information content (AvgIpc) is 3.36. The summed E-state index contributed by atoms with van der Waals surface area (Å²) in [5.41, 5.74) is 2.28. The first-order valence-electron chi connectivity index (χ1n) is 9.32. The van der Waals surface area contributed by atoms with Crippen molar-refractivity contribution in [2.75, 3.05) is 5.32 Å². The highest BCUT2D eigenvalue weighted by Gasteiger charge is 2.13. The normalized spacial score (nSPS) is 10.7. The molecule has 1 amide bonds. The maximum atomic E-state index is 12.6. The van der Waals surface area contributed by atoms with Gasteiger partial charge in [-0.2, -0.15) is 10.2 Å². The number of carbonyl (C=O) groups excluding carboxylic acids is 1. The van der Waals surface area contributed by atoms with Crippen LogP contribution in [-0.4, -0.2) is 30.4 Å². The van der Waals surface area contributed by atoms with Gasteiger partial charge in [0.2, 0.25) is 0 Å².